The van der Waals surface area contributed by atoms with Crippen LogP contribution >= 0.6 is 31.9 Å². The SMILES string of the molecule is COc1cc(OC)c(Br)c(-n2c(C(C)N(C)C(=O)c3cccc(Br)c3)nc3ccccc3c2=O)c1. The summed E-state index contributed by atoms with van der Waals surface area (Å²) in [5.41, 5.74) is 1.30. The maximum absolute atomic E-state index is 13.8. The number of methoxy groups -OCH3 is 2. The molecule has 0 radical (unpaired) electrons. The standard InChI is InChI=1S/C26H23Br2N3O4/c1-15(30(2)25(32)16-8-7-9-17(27)12-16)24-29-20-11-6-5-10-19(20)26(33)31(24)21-13-18(34-3)14-22(35-4)23(21)28/h5-15H,1-4H3. The minimum Gasteiger partial charge on any atom is -0.497 e. The van der Waals surface area contributed by atoms with Crippen LogP contribution < -0.4 is 15.0 Å². The Labute approximate surface area is 219 Å². The van der Waals surface area contributed by atoms with Gasteiger partial charge >= 0.3 is 0 Å². The van der Waals surface area contributed by atoms with Gasteiger partial charge in [-0.15, -0.1) is 0 Å². The van der Waals surface area contributed by atoms with Crippen LogP contribution in [0, 0.1) is 0 Å². The van der Waals surface area contributed by atoms with Gasteiger partial charge in [-0.1, -0.05) is 34.1 Å². The molecule has 1 amide bonds. The molecular weight excluding hydrogens is 578 g/mol. The summed E-state index contributed by atoms with van der Waals surface area (Å²) in [7, 11) is 4.78. The maximum atomic E-state index is 13.8. The second kappa shape index (κ2) is 10.2. The number of nitrogens with zero attached hydrogens (tertiary/aromatic N) is 3. The van der Waals surface area contributed by atoms with Crippen molar-refractivity contribution in [1.82, 2.24) is 14.5 Å². The molecule has 3 aromatic carbocycles. The number of hydrogen-bond acceptors (Lipinski definition) is 5. The lowest BCUT2D eigenvalue weighted by molar-refractivity contribution is 0.0735. The van der Waals surface area contributed by atoms with Crippen LogP contribution in [0.1, 0.15) is 29.1 Å². The topological polar surface area (TPSA) is 73.7 Å². The van der Waals surface area contributed by atoms with Gasteiger partial charge in [0.05, 0.1) is 41.3 Å². The number of ether oxygens (including phenoxy) is 2. The van der Waals surface area contributed by atoms with E-state index in [-0.39, 0.29) is 11.5 Å². The van der Waals surface area contributed by atoms with E-state index >= 15 is 0 Å². The smallest absolute Gasteiger partial charge is 0.266 e. The van der Waals surface area contributed by atoms with Gasteiger partial charge in [-0.25, -0.2) is 4.98 Å². The molecule has 0 aliphatic heterocycles. The fourth-order valence-electron chi connectivity index (χ4n) is 3.82. The van der Waals surface area contributed by atoms with Crippen LogP contribution in [0.3, 0.4) is 0 Å². The average molecular weight is 601 g/mol. The molecule has 0 fully saturated rings. The molecule has 0 aliphatic carbocycles. The lowest BCUT2D eigenvalue weighted by Crippen LogP contribution is -2.35. The Balaban J connectivity index is 1.96. The lowest BCUT2D eigenvalue weighted by Gasteiger charge is -2.27. The number of rotatable bonds is 6. The summed E-state index contributed by atoms with van der Waals surface area (Å²) in [4.78, 5) is 33.5. The number of fused-ring (bicyclic) bond motifs is 1. The molecule has 1 atom stereocenters. The molecule has 0 N–H and O–H groups in total. The highest BCUT2D eigenvalue weighted by Gasteiger charge is 2.26. The molecule has 1 unspecified atom stereocenters. The largest absolute Gasteiger partial charge is 0.497 e. The van der Waals surface area contributed by atoms with Crippen LogP contribution in [0.25, 0.3) is 16.6 Å². The molecule has 180 valence electrons. The second-order valence-corrected chi connectivity index (χ2v) is 9.60. The highest BCUT2D eigenvalue weighted by atomic mass is 79.9. The van der Waals surface area contributed by atoms with Crippen LogP contribution in [0.5, 0.6) is 11.5 Å². The van der Waals surface area contributed by atoms with E-state index in [4.69, 9.17) is 14.5 Å². The third-order valence-corrected chi connectivity index (χ3v) is 7.13. The molecule has 4 rings (SSSR count). The van der Waals surface area contributed by atoms with Gasteiger partial charge in [0.2, 0.25) is 0 Å². The Hall–Kier alpha value is -3.17. The summed E-state index contributed by atoms with van der Waals surface area (Å²) in [5, 5.41) is 0.457. The van der Waals surface area contributed by atoms with Crippen molar-refractivity contribution in [3.05, 3.63) is 91.4 Å². The van der Waals surface area contributed by atoms with Crippen molar-refractivity contribution in [3.63, 3.8) is 0 Å². The van der Waals surface area contributed by atoms with Crippen LogP contribution in [0.2, 0.25) is 0 Å². The van der Waals surface area contributed by atoms with Crippen molar-refractivity contribution in [2.24, 2.45) is 0 Å². The molecular formula is C26H23Br2N3O4. The Kier molecular flexibility index (Phi) is 7.28. The molecule has 0 aliphatic rings. The van der Waals surface area contributed by atoms with E-state index in [2.05, 4.69) is 31.9 Å². The normalized spacial score (nSPS) is 11.8. The number of carbonyl (C=O) groups excluding carboxylic acids is 1. The van der Waals surface area contributed by atoms with Crippen molar-refractivity contribution in [2.45, 2.75) is 13.0 Å². The predicted molar refractivity (Wildman–Crippen MR) is 143 cm³/mol. The van der Waals surface area contributed by atoms with E-state index in [0.717, 1.165) is 4.47 Å². The predicted octanol–water partition coefficient (Wildman–Crippen LogP) is 5.76. The second-order valence-electron chi connectivity index (χ2n) is 7.89. The zero-order chi connectivity index (χ0) is 25.3. The number of carbonyl (C=O) groups is 1. The van der Waals surface area contributed by atoms with Gasteiger partial charge in [-0.05, 0) is 53.2 Å². The molecule has 0 spiro atoms. The van der Waals surface area contributed by atoms with Crippen molar-refractivity contribution < 1.29 is 14.3 Å². The first-order chi connectivity index (χ1) is 16.8. The minimum absolute atomic E-state index is 0.199. The van der Waals surface area contributed by atoms with Gasteiger partial charge in [0.15, 0.2) is 0 Å². The first-order valence-corrected chi connectivity index (χ1v) is 12.3. The number of benzene rings is 3. The molecule has 0 saturated heterocycles. The first kappa shape index (κ1) is 24.9. The van der Waals surface area contributed by atoms with E-state index in [0.29, 0.717) is 43.9 Å². The summed E-state index contributed by atoms with van der Waals surface area (Å²) in [6, 6.07) is 17.2. The molecule has 35 heavy (non-hydrogen) atoms. The van der Waals surface area contributed by atoms with Crippen molar-refractivity contribution >= 4 is 48.7 Å². The number of para-hydroxylation sites is 1. The maximum Gasteiger partial charge on any atom is 0.266 e. The number of aromatic nitrogens is 2. The van der Waals surface area contributed by atoms with Gasteiger partial charge in [0.25, 0.3) is 11.5 Å². The van der Waals surface area contributed by atoms with Gasteiger partial charge < -0.3 is 14.4 Å². The lowest BCUT2D eigenvalue weighted by atomic mass is 10.1. The molecule has 0 bridgehead atoms. The van der Waals surface area contributed by atoms with Gasteiger partial charge in [0, 0.05) is 29.2 Å². The molecule has 9 heteroatoms. The molecule has 1 heterocycles. The highest BCUT2D eigenvalue weighted by Crippen LogP contribution is 2.37. The number of amides is 1. The van der Waals surface area contributed by atoms with Crippen molar-refractivity contribution in [2.75, 3.05) is 21.3 Å². The van der Waals surface area contributed by atoms with E-state index in [9.17, 15) is 9.59 Å². The Morgan fingerprint density at radius 3 is 2.46 bits per heavy atom. The van der Waals surface area contributed by atoms with Crippen molar-refractivity contribution in [1.29, 1.82) is 0 Å². The van der Waals surface area contributed by atoms with E-state index in [1.54, 1.807) is 74.7 Å². The summed E-state index contributed by atoms with van der Waals surface area (Å²) in [6.07, 6.45) is 0. The fraction of sp³-hybridized carbons (Fsp3) is 0.192. The minimum atomic E-state index is -0.553. The van der Waals surface area contributed by atoms with E-state index in [1.165, 1.54) is 4.57 Å². The number of hydrogen-bond donors (Lipinski definition) is 0. The van der Waals surface area contributed by atoms with Gasteiger partial charge in [-0.2, -0.15) is 0 Å². The summed E-state index contributed by atoms with van der Waals surface area (Å²) in [6.45, 7) is 1.84. The Morgan fingerprint density at radius 2 is 1.77 bits per heavy atom. The summed E-state index contributed by atoms with van der Waals surface area (Å²) < 4.78 is 13.8. The van der Waals surface area contributed by atoms with Crippen LogP contribution in [-0.2, 0) is 0 Å². The molecule has 4 aromatic rings. The summed E-state index contributed by atoms with van der Waals surface area (Å²) in [5.74, 6) is 1.21. The molecule has 0 saturated carbocycles. The monoisotopic (exact) mass is 599 g/mol. The molecule has 7 nitrogen and oxygen atoms in total. The third-order valence-electron chi connectivity index (χ3n) is 5.84. The van der Waals surface area contributed by atoms with E-state index in [1.807, 2.05) is 19.1 Å². The van der Waals surface area contributed by atoms with Gasteiger partial charge in [0.1, 0.15) is 17.3 Å². The number of halogens is 2. The van der Waals surface area contributed by atoms with Crippen molar-refractivity contribution in [3.8, 4) is 17.2 Å². The highest BCUT2D eigenvalue weighted by molar-refractivity contribution is 9.11. The molecule has 1 aromatic heterocycles. The zero-order valence-corrected chi connectivity index (χ0v) is 22.8. The Morgan fingerprint density at radius 1 is 1.03 bits per heavy atom. The fourth-order valence-corrected chi connectivity index (χ4v) is 4.79. The van der Waals surface area contributed by atoms with Crippen LogP contribution in [0.15, 0.2) is 74.4 Å². The average Bonchev–Trinajstić information content (AvgIpc) is 2.87. The van der Waals surface area contributed by atoms with E-state index < -0.39 is 6.04 Å². The Bertz CT molecular complexity index is 1490. The quantitative estimate of drug-likeness (QED) is 0.281. The first-order valence-electron chi connectivity index (χ1n) is 10.7. The van der Waals surface area contributed by atoms with Crippen LogP contribution in [0.4, 0.5) is 0 Å². The third kappa shape index (κ3) is 4.70. The zero-order valence-electron chi connectivity index (χ0n) is 19.6. The summed E-state index contributed by atoms with van der Waals surface area (Å²) >= 11 is 7.00. The van der Waals surface area contributed by atoms with Gasteiger partial charge in [-0.3, -0.25) is 14.2 Å². The van der Waals surface area contributed by atoms with Crippen LogP contribution in [-0.4, -0.2) is 41.6 Å².